The SMILES string of the molecule is COc1cc(C=Nn2c(-c3cc4c(OC)cccc4o3)nc3ccccc3c2=O)cc(Br)c1OCc1ccc(Cl)cc1Cl. The average molecular weight is 679 g/mol. The molecule has 0 radical (unpaired) electrons. The normalized spacial score (nSPS) is 11.5. The number of ether oxygens (including phenoxy) is 3. The van der Waals surface area contributed by atoms with Crippen LogP contribution in [0, 0.1) is 0 Å². The van der Waals surface area contributed by atoms with Crippen molar-refractivity contribution in [3.05, 3.63) is 115 Å². The average Bonchev–Trinajstić information content (AvgIpc) is 3.45. The van der Waals surface area contributed by atoms with Crippen LogP contribution in [0.4, 0.5) is 0 Å². The van der Waals surface area contributed by atoms with Crippen LogP contribution in [0.2, 0.25) is 10.0 Å². The number of nitrogens with zero attached hydrogens (tertiary/aromatic N) is 3. The van der Waals surface area contributed by atoms with Gasteiger partial charge in [-0.3, -0.25) is 4.79 Å². The molecule has 8 nitrogen and oxygen atoms in total. The van der Waals surface area contributed by atoms with E-state index in [0.717, 1.165) is 10.9 Å². The van der Waals surface area contributed by atoms with Gasteiger partial charge in [0, 0.05) is 15.6 Å². The molecule has 0 saturated carbocycles. The Labute approximate surface area is 264 Å². The second-order valence-corrected chi connectivity index (χ2v) is 11.1. The zero-order valence-corrected chi connectivity index (χ0v) is 25.9. The molecule has 6 aromatic rings. The number of fused-ring (bicyclic) bond motifs is 2. The Morgan fingerprint density at radius 2 is 1.77 bits per heavy atom. The summed E-state index contributed by atoms with van der Waals surface area (Å²) in [6, 6.07) is 23.1. The van der Waals surface area contributed by atoms with E-state index in [-0.39, 0.29) is 18.0 Å². The lowest BCUT2D eigenvalue weighted by atomic mass is 10.2. The van der Waals surface area contributed by atoms with Gasteiger partial charge in [-0.2, -0.15) is 9.78 Å². The summed E-state index contributed by atoms with van der Waals surface area (Å²) < 4.78 is 25.1. The maximum Gasteiger partial charge on any atom is 0.282 e. The third-order valence-corrected chi connectivity index (χ3v) is 7.85. The van der Waals surface area contributed by atoms with Crippen LogP contribution in [0.3, 0.4) is 0 Å². The van der Waals surface area contributed by atoms with Gasteiger partial charge in [-0.05, 0) is 76.1 Å². The third kappa shape index (κ3) is 5.71. The van der Waals surface area contributed by atoms with Crippen molar-refractivity contribution in [1.82, 2.24) is 9.66 Å². The van der Waals surface area contributed by atoms with Crippen LogP contribution in [-0.2, 0) is 6.61 Å². The minimum atomic E-state index is -0.352. The molecule has 216 valence electrons. The van der Waals surface area contributed by atoms with Gasteiger partial charge in [-0.25, -0.2) is 4.98 Å². The Bertz CT molecular complexity index is 2090. The Balaban J connectivity index is 1.40. The van der Waals surface area contributed by atoms with Crippen LogP contribution in [0.25, 0.3) is 33.5 Å². The van der Waals surface area contributed by atoms with Crippen LogP contribution in [-0.4, -0.2) is 30.1 Å². The molecule has 0 unspecified atom stereocenters. The Hall–Kier alpha value is -4.31. The second-order valence-electron chi connectivity index (χ2n) is 9.36. The van der Waals surface area contributed by atoms with Gasteiger partial charge < -0.3 is 18.6 Å². The first kappa shape index (κ1) is 28.8. The van der Waals surface area contributed by atoms with Crippen molar-refractivity contribution in [3.8, 4) is 28.8 Å². The summed E-state index contributed by atoms with van der Waals surface area (Å²) in [5.74, 6) is 2.18. The van der Waals surface area contributed by atoms with Gasteiger partial charge in [0.1, 0.15) is 17.9 Å². The van der Waals surface area contributed by atoms with Crippen molar-refractivity contribution in [2.45, 2.75) is 6.61 Å². The highest BCUT2D eigenvalue weighted by Crippen LogP contribution is 2.38. The van der Waals surface area contributed by atoms with Crippen molar-refractivity contribution in [2.24, 2.45) is 5.10 Å². The molecule has 0 N–H and O–H groups in total. The maximum absolute atomic E-state index is 13.7. The molecule has 0 aliphatic carbocycles. The first-order valence-electron chi connectivity index (χ1n) is 12.9. The summed E-state index contributed by atoms with van der Waals surface area (Å²) in [7, 11) is 3.13. The summed E-state index contributed by atoms with van der Waals surface area (Å²) in [4.78, 5) is 18.4. The molecule has 11 heteroatoms. The molecule has 2 heterocycles. The monoisotopic (exact) mass is 677 g/mol. The first-order valence-corrected chi connectivity index (χ1v) is 14.5. The lowest BCUT2D eigenvalue weighted by Crippen LogP contribution is -2.20. The smallest absolute Gasteiger partial charge is 0.282 e. The van der Waals surface area contributed by atoms with Gasteiger partial charge in [0.25, 0.3) is 5.56 Å². The van der Waals surface area contributed by atoms with E-state index in [4.69, 9.17) is 46.8 Å². The second kappa shape index (κ2) is 12.1. The first-order chi connectivity index (χ1) is 20.9. The molecule has 0 saturated heterocycles. The lowest BCUT2D eigenvalue weighted by molar-refractivity contribution is 0.282. The summed E-state index contributed by atoms with van der Waals surface area (Å²) in [5, 5.41) is 6.76. The van der Waals surface area contributed by atoms with Gasteiger partial charge in [-0.1, -0.05) is 47.5 Å². The number of hydrogen-bond acceptors (Lipinski definition) is 7. The van der Waals surface area contributed by atoms with Crippen LogP contribution in [0.1, 0.15) is 11.1 Å². The molecule has 4 aromatic carbocycles. The van der Waals surface area contributed by atoms with Crippen molar-refractivity contribution in [2.75, 3.05) is 14.2 Å². The molecule has 2 aromatic heterocycles. The van der Waals surface area contributed by atoms with Gasteiger partial charge in [-0.15, -0.1) is 0 Å². The summed E-state index contributed by atoms with van der Waals surface area (Å²) in [6.07, 6.45) is 1.54. The summed E-state index contributed by atoms with van der Waals surface area (Å²) in [5.41, 5.74) is 2.17. The highest BCUT2D eigenvalue weighted by molar-refractivity contribution is 9.10. The van der Waals surface area contributed by atoms with Crippen molar-refractivity contribution >= 4 is 67.2 Å². The predicted octanol–water partition coefficient (Wildman–Crippen LogP) is 8.36. The number of halogens is 3. The van der Waals surface area contributed by atoms with Crippen LogP contribution in [0.5, 0.6) is 17.2 Å². The number of benzene rings is 4. The molecule has 0 fully saturated rings. The number of aromatic nitrogens is 2. The minimum absolute atomic E-state index is 0.197. The van der Waals surface area contributed by atoms with E-state index in [1.807, 2.05) is 24.3 Å². The highest BCUT2D eigenvalue weighted by Gasteiger charge is 2.18. The van der Waals surface area contributed by atoms with Crippen LogP contribution in [0.15, 0.2) is 97.6 Å². The van der Waals surface area contributed by atoms with E-state index in [1.165, 1.54) is 18.0 Å². The van der Waals surface area contributed by atoms with E-state index >= 15 is 0 Å². The van der Waals surface area contributed by atoms with Crippen LogP contribution >= 0.6 is 39.1 Å². The molecule has 0 atom stereocenters. The van der Waals surface area contributed by atoms with E-state index in [0.29, 0.717) is 59.6 Å². The van der Waals surface area contributed by atoms with Gasteiger partial charge >= 0.3 is 0 Å². The Morgan fingerprint density at radius 3 is 2.56 bits per heavy atom. The highest BCUT2D eigenvalue weighted by atomic mass is 79.9. The maximum atomic E-state index is 13.7. The standard InChI is InChI=1S/C32H22BrCl2N3O5/c1-40-26-8-5-9-27-22(26)15-29(43-27)31-37-25-7-4-3-6-21(25)32(39)38(31)36-16-18-12-23(33)30(28(13-18)41-2)42-17-19-10-11-20(34)14-24(19)35/h3-16H,17H2,1-2H3. The summed E-state index contributed by atoms with van der Waals surface area (Å²) in [6.45, 7) is 0.197. The molecule has 6 rings (SSSR count). The van der Waals surface area contributed by atoms with E-state index in [1.54, 1.807) is 61.7 Å². The molecule has 0 aliphatic rings. The molecule has 43 heavy (non-hydrogen) atoms. The van der Waals surface area contributed by atoms with Crippen LogP contribution < -0.4 is 19.8 Å². The van der Waals surface area contributed by atoms with Gasteiger partial charge in [0.05, 0.1) is 41.2 Å². The Morgan fingerprint density at radius 1 is 0.953 bits per heavy atom. The molecular formula is C32H22BrCl2N3O5. The predicted molar refractivity (Wildman–Crippen MR) is 172 cm³/mol. The zero-order chi connectivity index (χ0) is 30.1. The minimum Gasteiger partial charge on any atom is -0.496 e. The molecule has 0 aliphatic heterocycles. The molecule has 0 spiro atoms. The number of methoxy groups -OCH3 is 2. The van der Waals surface area contributed by atoms with Crippen molar-refractivity contribution in [1.29, 1.82) is 0 Å². The number of para-hydroxylation sites is 1. The molecular weight excluding hydrogens is 657 g/mol. The zero-order valence-electron chi connectivity index (χ0n) is 22.8. The quantitative estimate of drug-likeness (QED) is 0.150. The number of rotatable bonds is 8. The van der Waals surface area contributed by atoms with Gasteiger partial charge in [0.15, 0.2) is 17.3 Å². The van der Waals surface area contributed by atoms with Gasteiger partial charge in [0.2, 0.25) is 5.82 Å². The fourth-order valence-corrected chi connectivity index (χ4v) is 5.62. The molecule has 0 bridgehead atoms. The lowest BCUT2D eigenvalue weighted by Gasteiger charge is -2.14. The number of furan rings is 1. The van der Waals surface area contributed by atoms with Crippen molar-refractivity contribution in [3.63, 3.8) is 0 Å². The summed E-state index contributed by atoms with van der Waals surface area (Å²) >= 11 is 15.9. The largest absolute Gasteiger partial charge is 0.496 e. The van der Waals surface area contributed by atoms with E-state index in [9.17, 15) is 4.79 Å². The van der Waals surface area contributed by atoms with E-state index < -0.39 is 0 Å². The topological polar surface area (TPSA) is 88.1 Å². The number of hydrogen-bond donors (Lipinski definition) is 0. The molecule has 0 amide bonds. The van der Waals surface area contributed by atoms with Crippen molar-refractivity contribution < 1.29 is 18.6 Å². The fourth-order valence-electron chi connectivity index (χ4n) is 4.58. The third-order valence-electron chi connectivity index (χ3n) is 6.68. The fraction of sp³-hybridized carbons (Fsp3) is 0.0938. The van der Waals surface area contributed by atoms with E-state index in [2.05, 4.69) is 21.0 Å². The Kier molecular flexibility index (Phi) is 8.12.